The number of nitrogens with zero attached hydrogens (tertiary/aromatic N) is 4. The lowest BCUT2D eigenvalue weighted by Gasteiger charge is -2.23. The van der Waals surface area contributed by atoms with Crippen molar-refractivity contribution in [3.8, 4) is 0 Å². The zero-order valence-electron chi connectivity index (χ0n) is 18.6. The summed E-state index contributed by atoms with van der Waals surface area (Å²) in [5.41, 5.74) is 1.24. The van der Waals surface area contributed by atoms with Crippen LogP contribution in [0.15, 0.2) is 67.3 Å². The van der Waals surface area contributed by atoms with Gasteiger partial charge in [-0.1, -0.05) is 24.3 Å². The topological polar surface area (TPSA) is 210 Å². The summed E-state index contributed by atoms with van der Waals surface area (Å²) < 4.78 is 74.9. The van der Waals surface area contributed by atoms with E-state index in [1.165, 1.54) is 9.80 Å². The molecule has 12 nitrogen and oxygen atoms in total. The SMILES string of the molecule is CCN1c2ccccc2S(=NN=S2c3ccccc3N(CC)C2S(=O)(=O)O)C1S(=O)(=O)O.N.N. The van der Waals surface area contributed by atoms with Crippen LogP contribution in [0, 0.1) is 0 Å². The molecule has 0 radical (unpaired) electrons. The van der Waals surface area contributed by atoms with Gasteiger partial charge >= 0.3 is 0 Å². The summed E-state index contributed by atoms with van der Waals surface area (Å²) in [5, 5.41) is 0. The highest BCUT2D eigenvalue weighted by molar-refractivity contribution is 8.06. The van der Waals surface area contributed by atoms with E-state index in [1.807, 2.05) is 0 Å². The maximum absolute atomic E-state index is 12.3. The number of para-hydroxylation sites is 2. The van der Waals surface area contributed by atoms with E-state index in [-0.39, 0.29) is 12.3 Å². The van der Waals surface area contributed by atoms with E-state index in [0.29, 0.717) is 34.3 Å². The minimum Gasteiger partial charge on any atom is -0.344 e. The minimum absolute atomic E-state index is 0. The standard InChI is InChI=1S/C18H22N4O6S4.2H3N/c1-3-21-13-9-5-7-11-15(13)29(17(21)31(23,24)25)19-20-30-16-12-8-6-10-14(16)22(4-2)18(30)32(26,27)28;;/h5-12,17-18H,3-4H2,1-2H3,(H,23,24,25)(H,26,27,28);2*1H3. The lowest BCUT2D eigenvalue weighted by Crippen LogP contribution is -2.40. The maximum atomic E-state index is 12.3. The molecule has 0 aliphatic carbocycles. The highest BCUT2D eigenvalue weighted by atomic mass is 32.3. The van der Waals surface area contributed by atoms with Crippen molar-refractivity contribution < 1.29 is 25.9 Å². The van der Waals surface area contributed by atoms with E-state index in [2.05, 4.69) is 8.94 Å². The molecule has 16 heteroatoms. The Balaban J connectivity index is 0.00000204. The molecule has 4 atom stereocenters. The number of fused-ring (bicyclic) bond motifs is 2. The average Bonchev–Trinajstić information content (AvgIpc) is 3.24. The number of rotatable bonds is 5. The smallest absolute Gasteiger partial charge is 0.297 e. The first-order chi connectivity index (χ1) is 15.1. The number of hydrogen-bond acceptors (Lipinski definition) is 8. The number of hydrogen-bond donors (Lipinski definition) is 4. The fourth-order valence-corrected chi connectivity index (χ4v) is 11.3. The summed E-state index contributed by atoms with van der Waals surface area (Å²) >= 11 is 0. The van der Waals surface area contributed by atoms with E-state index in [4.69, 9.17) is 0 Å². The van der Waals surface area contributed by atoms with E-state index >= 15 is 0 Å². The molecule has 0 amide bonds. The normalized spacial score (nSPS) is 23.9. The van der Waals surface area contributed by atoms with Crippen molar-refractivity contribution in [3.63, 3.8) is 0 Å². The molecule has 190 valence electrons. The molecule has 4 rings (SSSR count). The molecule has 0 aromatic heterocycles. The van der Waals surface area contributed by atoms with Crippen LogP contribution in [0.2, 0.25) is 0 Å². The Bertz CT molecular complexity index is 1240. The Kier molecular flexibility index (Phi) is 8.64. The van der Waals surface area contributed by atoms with Crippen molar-refractivity contribution in [2.75, 3.05) is 22.9 Å². The number of benzene rings is 2. The molecule has 2 aliphatic heterocycles. The van der Waals surface area contributed by atoms with Gasteiger partial charge in [0.25, 0.3) is 20.2 Å². The highest BCUT2D eigenvalue weighted by Gasteiger charge is 2.44. The van der Waals surface area contributed by atoms with Gasteiger partial charge in [0, 0.05) is 44.3 Å². The van der Waals surface area contributed by atoms with Crippen molar-refractivity contribution >= 4 is 53.0 Å². The Morgan fingerprint density at radius 3 is 1.35 bits per heavy atom. The van der Waals surface area contributed by atoms with Gasteiger partial charge in [-0.15, -0.1) is 8.94 Å². The maximum Gasteiger partial charge on any atom is 0.297 e. The third-order valence-electron chi connectivity index (χ3n) is 5.09. The van der Waals surface area contributed by atoms with Crippen LogP contribution in [0.1, 0.15) is 13.8 Å². The van der Waals surface area contributed by atoms with Gasteiger partial charge in [-0.25, -0.2) is 0 Å². The van der Waals surface area contributed by atoms with Gasteiger partial charge in [0.15, 0.2) is 0 Å². The Labute approximate surface area is 204 Å². The summed E-state index contributed by atoms with van der Waals surface area (Å²) in [6, 6.07) is 13.9. The van der Waals surface area contributed by atoms with Gasteiger partial charge < -0.3 is 22.1 Å². The molecule has 0 fully saturated rings. The molecule has 2 aromatic rings. The molecular weight excluding hydrogens is 525 g/mol. The number of anilines is 2. The van der Waals surface area contributed by atoms with Crippen molar-refractivity contribution in [3.05, 3.63) is 48.5 Å². The van der Waals surface area contributed by atoms with E-state index < -0.39 is 51.0 Å². The first-order valence-corrected chi connectivity index (χ1v) is 15.1. The molecular formula is C18H28N6O6S4. The molecule has 34 heavy (non-hydrogen) atoms. The van der Waals surface area contributed by atoms with Crippen LogP contribution >= 0.6 is 0 Å². The van der Waals surface area contributed by atoms with Crippen molar-refractivity contribution in [1.82, 2.24) is 12.3 Å². The monoisotopic (exact) mass is 552 g/mol. The lowest BCUT2D eigenvalue weighted by atomic mass is 10.3. The van der Waals surface area contributed by atoms with Gasteiger partial charge in [0.1, 0.15) is 0 Å². The van der Waals surface area contributed by atoms with Crippen molar-refractivity contribution in [2.45, 2.75) is 33.1 Å². The summed E-state index contributed by atoms with van der Waals surface area (Å²) in [4.78, 5) is 4.26. The fourth-order valence-electron chi connectivity index (χ4n) is 3.86. The van der Waals surface area contributed by atoms with Crippen LogP contribution in [0.4, 0.5) is 11.4 Å². The third-order valence-corrected chi connectivity index (χ3v) is 12.7. The lowest BCUT2D eigenvalue weighted by molar-refractivity contribution is 0.476. The van der Waals surface area contributed by atoms with Crippen LogP contribution in [-0.2, 0) is 41.6 Å². The first kappa shape index (κ1) is 28.3. The largest absolute Gasteiger partial charge is 0.344 e. The van der Waals surface area contributed by atoms with Gasteiger partial charge in [-0.05, 0) is 38.1 Å². The molecule has 4 unspecified atom stereocenters. The van der Waals surface area contributed by atoms with Crippen LogP contribution in [0.5, 0.6) is 0 Å². The summed E-state index contributed by atoms with van der Waals surface area (Å²) in [7, 11) is -11.9. The second-order valence-electron chi connectivity index (χ2n) is 6.94. The molecule has 2 aromatic carbocycles. The van der Waals surface area contributed by atoms with Crippen LogP contribution < -0.4 is 22.1 Å². The van der Waals surface area contributed by atoms with Crippen LogP contribution in [0.25, 0.3) is 0 Å². The molecule has 0 saturated heterocycles. The second-order valence-corrected chi connectivity index (χ2v) is 13.9. The minimum atomic E-state index is -4.53. The molecule has 2 aliphatic rings. The van der Waals surface area contributed by atoms with E-state index in [1.54, 1.807) is 62.4 Å². The van der Waals surface area contributed by atoms with Gasteiger partial charge in [0.2, 0.25) is 9.41 Å². The Morgan fingerprint density at radius 1 is 0.735 bits per heavy atom. The van der Waals surface area contributed by atoms with Crippen molar-refractivity contribution in [2.24, 2.45) is 8.94 Å². The van der Waals surface area contributed by atoms with E-state index in [9.17, 15) is 25.9 Å². The Hall–Kier alpha value is -1.92. The summed E-state index contributed by atoms with van der Waals surface area (Å²) in [6.07, 6.45) is 0. The van der Waals surface area contributed by atoms with Gasteiger partial charge in [0.05, 0.1) is 11.4 Å². The van der Waals surface area contributed by atoms with Gasteiger partial charge in [-0.2, -0.15) is 16.8 Å². The highest BCUT2D eigenvalue weighted by Crippen LogP contribution is 2.41. The Morgan fingerprint density at radius 2 is 1.06 bits per heavy atom. The van der Waals surface area contributed by atoms with Crippen LogP contribution in [0.3, 0.4) is 0 Å². The molecule has 8 N–H and O–H groups in total. The third kappa shape index (κ3) is 4.76. The van der Waals surface area contributed by atoms with E-state index in [0.717, 1.165) is 0 Å². The second kappa shape index (κ2) is 10.4. The van der Waals surface area contributed by atoms with Crippen LogP contribution in [-0.4, -0.2) is 48.4 Å². The molecule has 0 spiro atoms. The zero-order valence-corrected chi connectivity index (χ0v) is 21.8. The fraction of sp³-hybridized carbons (Fsp3) is 0.333. The predicted octanol–water partition coefficient (Wildman–Crippen LogP) is 2.97. The molecule has 0 bridgehead atoms. The van der Waals surface area contributed by atoms with Crippen molar-refractivity contribution in [1.29, 1.82) is 0 Å². The quantitative estimate of drug-likeness (QED) is 0.314. The first-order valence-electron chi connectivity index (χ1n) is 9.61. The molecule has 0 saturated carbocycles. The summed E-state index contributed by atoms with van der Waals surface area (Å²) in [6.45, 7) is 4.15. The molecule has 2 heterocycles. The summed E-state index contributed by atoms with van der Waals surface area (Å²) in [5.74, 6) is 0. The zero-order chi connectivity index (χ0) is 23.3. The average molecular weight is 553 g/mol. The van der Waals surface area contributed by atoms with Gasteiger partial charge in [-0.3, -0.25) is 9.11 Å². The predicted molar refractivity (Wildman–Crippen MR) is 136 cm³/mol.